The topological polar surface area (TPSA) is 83.0 Å². The van der Waals surface area contributed by atoms with Gasteiger partial charge in [0.25, 0.3) is 11.8 Å². The molecule has 0 radical (unpaired) electrons. The van der Waals surface area contributed by atoms with Crippen LogP contribution in [0.2, 0.25) is 0 Å². The molecule has 8 heteroatoms. The van der Waals surface area contributed by atoms with Crippen LogP contribution in [0.25, 0.3) is 32.3 Å². The third kappa shape index (κ3) is 2.50. The van der Waals surface area contributed by atoms with Crippen LogP contribution < -0.4 is 5.32 Å². The number of fused-ring (bicyclic) bond motifs is 2. The molecule has 2 amide bonds. The molecule has 150 valence electrons. The number of carbonyl (C=O) groups is 2. The van der Waals surface area contributed by atoms with Crippen molar-refractivity contribution in [3.63, 3.8) is 0 Å². The van der Waals surface area contributed by atoms with E-state index in [4.69, 9.17) is 5.10 Å². The summed E-state index contributed by atoms with van der Waals surface area (Å²) >= 11 is 1.57. The predicted octanol–water partition coefficient (Wildman–Crippen LogP) is 2.71. The number of hydrogen-bond donors (Lipinski definition) is 2. The summed E-state index contributed by atoms with van der Waals surface area (Å²) < 4.78 is 1.99. The van der Waals surface area contributed by atoms with Crippen molar-refractivity contribution in [1.82, 2.24) is 25.0 Å². The molecule has 0 unspecified atom stereocenters. The molecule has 0 aliphatic carbocycles. The number of likely N-dealkylation sites (tertiary alicyclic amines) is 1. The summed E-state index contributed by atoms with van der Waals surface area (Å²) in [7, 11) is 2.11. The molecule has 30 heavy (non-hydrogen) atoms. The van der Waals surface area contributed by atoms with Gasteiger partial charge in [-0.25, -0.2) is 0 Å². The molecular formula is C22H19N5O2S. The zero-order chi connectivity index (χ0) is 20.4. The molecule has 0 saturated carbocycles. The van der Waals surface area contributed by atoms with Crippen LogP contribution in [-0.2, 0) is 16.1 Å². The third-order valence-corrected chi connectivity index (χ3v) is 6.81. The second-order valence-corrected chi connectivity index (χ2v) is 8.95. The van der Waals surface area contributed by atoms with E-state index in [-0.39, 0.29) is 5.91 Å². The molecule has 1 saturated heterocycles. The Morgan fingerprint density at radius 1 is 1.10 bits per heavy atom. The minimum absolute atomic E-state index is 0.354. The van der Waals surface area contributed by atoms with E-state index in [1.807, 2.05) is 40.4 Å². The van der Waals surface area contributed by atoms with Crippen molar-refractivity contribution in [2.45, 2.75) is 6.54 Å². The van der Waals surface area contributed by atoms with Crippen LogP contribution in [0, 0.1) is 5.92 Å². The zero-order valence-corrected chi connectivity index (χ0v) is 17.1. The minimum atomic E-state index is -0.390. The highest BCUT2D eigenvalue weighted by molar-refractivity contribution is 7.16. The lowest BCUT2D eigenvalue weighted by atomic mass is 9.98. The maximum absolute atomic E-state index is 12.9. The number of aromatic nitrogens is 3. The second kappa shape index (κ2) is 6.38. The number of thiophene rings is 1. The number of nitrogens with zero attached hydrogens (tertiary/aromatic N) is 3. The van der Waals surface area contributed by atoms with Gasteiger partial charge in [-0.3, -0.25) is 19.6 Å². The highest BCUT2D eigenvalue weighted by Crippen LogP contribution is 2.38. The lowest BCUT2D eigenvalue weighted by Crippen LogP contribution is -2.45. The summed E-state index contributed by atoms with van der Waals surface area (Å²) in [6, 6.07) is 9.89. The monoisotopic (exact) mass is 417 g/mol. The highest BCUT2D eigenvalue weighted by Gasteiger charge is 2.36. The molecule has 5 heterocycles. The maximum Gasteiger partial charge on any atom is 0.261 e. The van der Waals surface area contributed by atoms with E-state index in [2.05, 4.69) is 22.2 Å². The molecule has 3 aromatic heterocycles. The zero-order valence-electron chi connectivity index (χ0n) is 16.3. The van der Waals surface area contributed by atoms with Gasteiger partial charge in [-0.1, -0.05) is 18.2 Å². The summed E-state index contributed by atoms with van der Waals surface area (Å²) in [6.45, 7) is 2.87. The van der Waals surface area contributed by atoms with Gasteiger partial charge < -0.3 is 9.88 Å². The van der Waals surface area contributed by atoms with E-state index in [1.54, 1.807) is 17.5 Å². The van der Waals surface area contributed by atoms with Gasteiger partial charge in [0.1, 0.15) is 10.5 Å². The average Bonchev–Trinajstić information content (AvgIpc) is 3.44. The molecular weight excluding hydrogens is 398 g/mol. The Hall–Kier alpha value is -3.23. The SMILES string of the molecule is CN1CC(Cn2nc(C3=C(c4c[nH]c5sccc45)C(=O)NC3=O)c3ccccc32)C1. The molecule has 6 rings (SSSR count). The van der Waals surface area contributed by atoms with E-state index in [1.165, 1.54) is 0 Å². The molecule has 2 N–H and O–H groups in total. The first-order valence-corrected chi connectivity index (χ1v) is 10.8. The van der Waals surface area contributed by atoms with Crippen molar-refractivity contribution >= 4 is 55.4 Å². The fourth-order valence-corrected chi connectivity index (χ4v) is 5.41. The minimum Gasteiger partial charge on any atom is -0.352 e. The number of amides is 2. The van der Waals surface area contributed by atoms with E-state index < -0.39 is 5.91 Å². The Labute approximate surface area is 176 Å². The number of aromatic amines is 1. The summed E-state index contributed by atoms with van der Waals surface area (Å²) in [5.74, 6) is -0.228. The highest BCUT2D eigenvalue weighted by atomic mass is 32.1. The van der Waals surface area contributed by atoms with E-state index in [0.29, 0.717) is 22.8 Å². The molecule has 1 fully saturated rings. The van der Waals surface area contributed by atoms with Crippen molar-refractivity contribution < 1.29 is 9.59 Å². The van der Waals surface area contributed by atoms with Crippen LogP contribution in [0.3, 0.4) is 0 Å². The van der Waals surface area contributed by atoms with Crippen LogP contribution >= 0.6 is 11.3 Å². The first-order valence-electron chi connectivity index (χ1n) is 9.89. The molecule has 2 aliphatic heterocycles. The van der Waals surface area contributed by atoms with Crippen LogP contribution in [-0.4, -0.2) is 51.6 Å². The number of para-hydroxylation sites is 1. The molecule has 0 atom stereocenters. The van der Waals surface area contributed by atoms with Crippen LogP contribution in [0.5, 0.6) is 0 Å². The number of carbonyl (C=O) groups excluding carboxylic acids is 2. The fraction of sp³-hybridized carbons (Fsp3) is 0.227. The molecule has 2 aliphatic rings. The first kappa shape index (κ1) is 17.6. The summed E-state index contributed by atoms with van der Waals surface area (Å²) in [6.07, 6.45) is 1.80. The number of hydrogen-bond acceptors (Lipinski definition) is 5. The van der Waals surface area contributed by atoms with Gasteiger partial charge in [-0.2, -0.15) is 5.10 Å². The number of rotatable bonds is 4. The summed E-state index contributed by atoms with van der Waals surface area (Å²) in [5.41, 5.74) is 3.04. The van der Waals surface area contributed by atoms with Gasteiger partial charge in [0.05, 0.1) is 16.7 Å². The van der Waals surface area contributed by atoms with Gasteiger partial charge in [-0.05, 0) is 24.6 Å². The largest absolute Gasteiger partial charge is 0.352 e. The number of nitrogens with one attached hydrogen (secondary N) is 2. The van der Waals surface area contributed by atoms with Crippen molar-refractivity contribution in [3.8, 4) is 0 Å². The van der Waals surface area contributed by atoms with Crippen molar-refractivity contribution in [1.29, 1.82) is 0 Å². The van der Waals surface area contributed by atoms with Crippen LogP contribution in [0.1, 0.15) is 11.3 Å². The van der Waals surface area contributed by atoms with Gasteiger partial charge >= 0.3 is 0 Å². The third-order valence-electron chi connectivity index (χ3n) is 5.97. The maximum atomic E-state index is 12.9. The Balaban J connectivity index is 1.56. The molecule has 0 spiro atoms. The first-order chi connectivity index (χ1) is 14.6. The standard InChI is InChI=1S/C22H19N5O2S/c1-26-9-12(10-26)11-27-16-5-3-2-4-14(16)19(25-27)18-17(20(28)24-21(18)29)15-8-23-22-13(15)6-7-30-22/h2-8,12,23H,9-11H2,1H3,(H,24,28,29). The predicted molar refractivity (Wildman–Crippen MR) is 117 cm³/mol. The molecule has 7 nitrogen and oxygen atoms in total. The smallest absolute Gasteiger partial charge is 0.261 e. The summed E-state index contributed by atoms with van der Waals surface area (Å²) in [4.78, 5) is 32.2. The van der Waals surface area contributed by atoms with Gasteiger partial charge in [0.15, 0.2) is 0 Å². The number of H-pyrrole nitrogens is 1. The quantitative estimate of drug-likeness (QED) is 0.500. The van der Waals surface area contributed by atoms with E-state index >= 15 is 0 Å². The molecule has 1 aromatic carbocycles. The Bertz CT molecular complexity index is 1370. The van der Waals surface area contributed by atoms with Crippen molar-refractivity contribution in [2.75, 3.05) is 20.1 Å². The lowest BCUT2D eigenvalue weighted by Gasteiger charge is -2.36. The number of imide groups is 1. The average molecular weight is 417 g/mol. The van der Waals surface area contributed by atoms with Crippen molar-refractivity contribution in [3.05, 3.63) is 53.2 Å². The number of benzene rings is 1. The Morgan fingerprint density at radius 2 is 1.90 bits per heavy atom. The Kier molecular flexibility index (Phi) is 3.75. The molecule has 0 bridgehead atoms. The lowest BCUT2D eigenvalue weighted by molar-refractivity contribution is -0.122. The van der Waals surface area contributed by atoms with Gasteiger partial charge in [0.2, 0.25) is 0 Å². The summed E-state index contributed by atoms with van der Waals surface area (Å²) in [5, 5.41) is 11.1. The Morgan fingerprint density at radius 3 is 2.73 bits per heavy atom. The van der Waals surface area contributed by atoms with E-state index in [0.717, 1.165) is 46.3 Å². The van der Waals surface area contributed by atoms with E-state index in [9.17, 15) is 9.59 Å². The molecule has 4 aromatic rings. The second-order valence-electron chi connectivity index (χ2n) is 8.03. The van der Waals surface area contributed by atoms with Crippen molar-refractivity contribution in [2.24, 2.45) is 5.92 Å². The fourth-order valence-electron chi connectivity index (χ4n) is 4.63. The van der Waals surface area contributed by atoms with Gasteiger partial charge in [0, 0.05) is 48.1 Å². The normalized spacial score (nSPS) is 18.0. The van der Waals surface area contributed by atoms with Crippen LogP contribution in [0.4, 0.5) is 0 Å². The van der Waals surface area contributed by atoms with Gasteiger partial charge in [-0.15, -0.1) is 11.3 Å². The van der Waals surface area contributed by atoms with Crippen LogP contribution in [0.15, 0.2) is 41.9 Å².